The zero-order valence-electron chi connectivity index (χ0n) is 14.3. The van der Waals surface area contributed by atoms with E-state index in [4.69, 9.17) is 0 Å². The van der Waals surface area contributed by atoms with Gasteiger partial charge in [0, 0.05) is 0 Å². The van der Waals surface area contributed by atoms with E-state index in [0.717, 1.165) is 22.3 Å². The normalized spacial score (nSPS) is 12.7. The lowest BCUT2D eigenvalue weighted by atomic mass is 9.99. The van der Waals surface area contributed by atoms with E-state index in [1.54, 1.807) is 24.3 Å². The van der Waals surface area contributed by atoms with Gasteiger partial charge >= 0.3 is 0 Å². The molecule has 0 saturated heterocycles. The molecule has 3 rings (SSSR count). The molecule has 0 fully saturated rings. The Kier molecular flexibility index (Phi) is 5.02. The van der Waals surface area contributed by atoms with Crippen LogP contribution in [0.4, 0.5) is 0 Å². The number of hydrogen-bond acceptors (Lipinski definition) is 2. The van der Waals surface area contributed by atoms with Gasteiger partial charge in [-0.15, -0.1) is 0 Å². The van der Waals surface area contributed by atoms with E-state index in [1.165, 1.54) is 0 Å². The summed E-state index contributed by atoms with van der Waals surface area (Å²) in [6.45, 7) is 3.95. The van der Waals surface area contributed by atoms with E-state index in [-0.39, 0.29) is 4.90 Å². The molecule has 0 radical (unpaired) electrons. The molecule has 0 aliphatic rings. The van der Waals surface area contributed by atoms with Gasteiger partial charge in [-0.05, 0) is 37.1 Å². The highest BCUT2D eigenvalue weighted by molar-refractivity contribution is 7.89. The molecule has 3 aromatic carbocycles. The maximum absolute atomic E-state index is 12.9. The average molecular weight is 351 g/mol. The van der Waals surface area contributed by atoms with E-state index in [9.17, 15) is 8.42 Å². The SMILES string of the molecule is Cc1ccc([C@H](NS(=O)(=O)c2ccc(C)cc2)c2ccccc2)cc1. The van der Waals surface area contributed by atoms with Crippen molar-refractivity contribution in [3.05, 3.63) is 101 Å². The summed E-state index contributed by atoms with van der Waals surface area (Å²) in [5.41, 5.74) is 3.98. The van der Waals surface area contributed by atoms with Crippen LogP contribution in [0.15, 0.2) is 83.8 Å². The Balaban J connectivity index is 2.00. The summed E-state index contributed by atoms with van der Waals surface area (Å²) in [5.74, 6) is 0. The molecule has 3 nitrogen and oxygen atoms in total. The third kappa shape index (κ3) is 4.16. The lowest BCUT2D eigenvalue weighted by Gasteiger charge is -2.20. The zero-order chi connectivity index (χ0) is 17.9. The molecule has 1 atom stereocenters. The summed E-state index contributed by atoms with van der Waals surface area (Å²) < 4.78 is 28.6. The molecule has 3 aromatic rings. The Bertz CT molecular complexity index is 931. The maximum Gasteiger partial charge on any atom is 0.241 e. The second-order valence-electron chi connectivity index (χ2n) is 6.19. The summed E-state index contributed by atoms with van der Waals surface area (Å²) >= 11 is 0. The zero-order valence-corrected chi connectivity index (χ0v) is 15.1. The van der Waals surface area contributed by atoms with Gasteiger partial charge in [0.05, 0.1) is 10.9 Å². The molecule has 1 N–H and O–H groups in total. The van der Waals surface area contributed by atoms with E-state index in [0.29, 0.717) is 0 Å². The molecule has 0 aliphatic carbocycles. The van der Waals surface area contributed by atoms with Crippen LogP contribution in [0.3, 0.4) is 0 Å². The van der Waals surface area contributed by atoms with Gasteiger partial charge < -0.3 is 0 Å². The van der Waals surface area contributed by atoms with Gasteiger partial charge in [0.15, 0.2) is 0 Å². The number of rotatable bonds is 5. The number of benzene rings is 3. The number of hydrogen-bond donors (Lipinski definition) is 1. The standard InChI is InChI=1S/C21H21NO2S/c1-16-8-12-19(13-9-16)21(18-6-4-3-5-7-18)22-25(23,24)20-14-10-17(2)11-15-20/h3-15,21-22H,1-2H3/t21-/m1/s1. The Morgan fingerprint density at radius 3 is 1.72 bits per heavy atom. The lowest BCUT2D eigenvalue weighted by Crippen LogP contribution is -2.29. The molecule has 0 saturated carbocycles. The molecule has 0 unspecified atom stereocenters. The van der Waals surface area contributed by atoms with Crippen LogP contribution in [0.1, 0.15) is 28.3 Å². The van der Waals surface area contributed by atoms with Gasteiger partial charge in [-0.3, -0.25) is 0 Å². The summed E-state index contributed by atoms with van der Waals surface area (Å²) in [6, 6.07) is 24.0. The van der Waals surface area contributed by atoms with Crippen molar-refractivity contribution in [2.24, 2.45) is 0 Å². The molecule has 128 valence electrons. The van der Waals surface area contributed by atoms with Gasteiger partial charge in [0.2, 0.25) is 10.0 Å². The van der Waals surface area contributed by atoms with Gasteiger partial charge in [-0.1, -0.05) is 77.9 Å². The Morgan fingerprint density at radius 2 is 1.16 bits per heavy atom. The first kappa shape index (κ1) is 17.4. The van der Waals surface area contributed by atoms with Crippen molar-refractivity contribution in [3.8, 4) is 0 Å². The van der Waals surface area contributed by atoms with Crippen molar-refractivity contribution in [2.75, 3.05) is 0 Å². The highest BCUT2D eigenvalue weighted by Crippen LogP contribution is 2.25. The molecule has 0 spiro atoms. The highest BCUT2D eigenvalue weighted by Gasteiger charge is 2.22. The second kappa shape index (κ2) is 7.21. The smallest absolute Gasteiger partial charge is 0.207 e. The average Bonchev–Trinajstić information content (AvgIpc) is 2.62. The quantitative estimate of drug-likeness (QED) is 0.742. The van der Waals surface area contributed by atoms with E-state index in [1.807, 2.05) is 68.4 Å². The second-order valence-corrected chi connectivity index (χ2v) is 7.90. The van der Waals surface area contributed by atoms with Gasteiger partial charge in [-0.25, -0.2) is 8.42 Å². The predicted molar refractivity (Wildman–Crippen MR) is 101 cm³/mol. The molecular formula is C21H21NO2S. The van der Waals surface area contributed by atoms with Crippen LogP contribution >= 0.6 is 0 Å². The Morgan fingerprint density at radius 1 is 0.680 bits per heavy atom. The molecule has 0 amide bonds. The monoisotopic (exact) mass is 351 g/mol. The van der Waals surface area contributed by atoms with Gasteiger partial charge in [0.1, 0.15) is 0 Å². The van der Waals surface area contributed by atoms with Crippen molar-refractivity contribution >= 4 is 10.0 Å². The third-order valence-electron chi connectivity index (χ3n) is 4.15. The fraction of sp³-hybridized carbons (Fsp3) is 0.143. The number of aryl methyl sites for hydroxylation is 2. The molecule has 25 heavy (non-hydrogen) atoms. The first-order valence-corrected chi connectivity index (χ1v) is 9.64. The van der Waals surface area contributed by atoms with Crippen LogP contribution in [-0.2, 0) is 10.0 Å². The summed E-state index contributed by atoms with van der Waals surface area (Å²) in [7, 11) is -3.63. The number of nitrogens with one attached hydrogen (secondary N) is 1. The van der Waals surface area contributed by atoms with Crippen molar-refractivity contribution in [3.63, 3.8) is 0 Å². The van der Waals surface area contributed by atoms with Crippen LogP contribution in [0.2, 0.25) is 0 Å². The van der Waals surface area contributed by atoms with Crippen molar-refractivity contribution in [1.82, 2.24) is 4.72 Å². The topological polar surface area (TPSA) is 46.2 Å². The first-order valence-electron chi connectivity index (χ1n) is 8.16. The Hall–Kier alpha value is -2.43. The number of sulfonamides is 1. The minimum atomic E-state index is -3.63. The molecule has 0 aromatic heterocycles. The predicted octanol–water partition coefficient (Wildman–Crippen LogP) is 4.37. The van der Waals surface area contributed by atoms with Crippen molar-refractivity contribution in [2.45, 2.75) is 24.8 Å². The molecular weight excluding hydrogens is 330 g/mol. The Labute approximate surface area is 149 Å². The van der Waals surface area contributed by atoms with Crippen LogP contribution < -0.4 is 4.72 Å². The van der Waals surface area contributed by atoms with E-state index >= 15 is 0 Å². The molecule has 0 heterocycles. The molecule has 0 aliphatic heterocycles. The van der Waals surface area contributed by atoms with Crippen LogP contribution in [0.5, 0.6) is 0 Å². The summed E-state index contributed by atoms with van der Waals surface area (Å²) in [6.07, 6.45) is 0. The van der Waals surface area contributed by atoms with E-state index < -0.39 is 16.1 Å². The fourth-order valence-corrected chi connectivity index (χ4v) is 3.89. The minimum absolute atomic E-state index is 0.270. The minimum Gasteiger partial charge on any atom is -0.207 e. The van der Waals surface area contributed by atoms with Crippen LogP contribution in [0, 0.1) is 13.8 Å². The maximum atomic E-state index is 12.9. The highest BCUT2D eigenvalue weighted by atomic mass is 32.2. The largest absolute Gasteiger partial charge is 0.241 e. The fourth-order valence-electron chi connectivity index (χ4n) is 2.67. The van der Waals surface area contributed by atoms with Crippen LogP contribution in [-0.4, -0.2) is 8.42 Å². The van der Waals surface area contributed by atoms with Gasteiger partial charge in [0.25, 0.3) is 0 Å². The first-order chi connectivity index (χ1) is 12.0. The molecule has 4 heteroatoms. The van der Waals surface area contributed by atoms with Crippen molar-refractivity contribution in [1.29, 1.82) is 0 Å². The summed E-state index contributed by atoms with van der Waals surface area (Å²) in [5, 5.41) is 0. The third-order valence-corrected chi connectivity index (χ3v) is 5.59. The summed E-state index contributed by atoms with van der Waals surface area (Å²) in [4.78, 5) is 0.270. The molecule has 0 bridgehead atoms. The van der Waals surface area contributed by atoms with Crippen molar-refractivity contribution < 1.29 is 8.42 Å². The van der Waals surface area contributed by atoms with E-state index in [2.05, 4.69) is 4.72 Å². The lowest BCUT2D eigenvalue weighted by molar-refractivity contribution is 0.572. The van der Waals surface area contributed by atoms with Crippen LogP contribution in [0.25, 0.3) is 0 Å². The van der Waals surface area contributed by atoms with Gasteiger partial charge in [-0.2, -0.15) is 4.72 Å².